The number of hydrogen-bond acceptors (Lipinski definition) is 6. The third-order valence-corrected chi connectivity index (χ3v) is 5.82. The van der Waals surface area contributed by atoms with Crippen LogP contribution in [0.1, 0.15) is 30.1 Å². The van der Waals surface area contributed by atoms with E-state index in [2.05, 4.69) is 9.97 Å². The van der Waals surface area contributed by atoms with Gasteiger partial charge in [-0.1, -0.05) is 11.6 Å². The van der Waals surface area contributed by atoms with E-state index < -0.39 is 9.84 Å². The van der Waals surface area contributed by atoms with Crippen molar-refractivity contribution in [1.29, 1.82) is 0 Å². The Labute approximate surface area is 138 Å². The summed E-state index contributed by atoms with van der Waals surface area (Å²) in [6, 6.07) is 1.60. The van der Waals surface area contributed by atoms with Crippen LogP contribution in [0.25, 0.3) is 10.8 Å². The summed E-state index contributed by atoms with van der Waals surface area (Å²) in [7, 11) is -3.03. The molecule has 0 aliphatic heterocycles. The number of fused-ring (bicyclic) bond motifs is 1. The maximum atomic E-state index is 11.7. The van der Waals surface area contributed by atoms with Crippen molar-refractivity contribution in [3.05, 3.63) is 29.2 Å². The molecule has 0 unspecified atom stereocenters. The molecule has 0 bridgehead atoms. The molecule has 1 saturated carbocycles. The first-order valence-corrected chi connectivity index (χ1v) is 9.39. The Morgan fingerprint density at radius 1 is 1.26 bits per heavy atom. The van der Waals surface area contributed by atoms with Crippen molar-refractivity contribution in [3.8, 4) is 5.88 Å². The Balaban J connectivity index is 1.91. The minimum Gasteiger partial charge on any atom is -0.474 e. The van der Waals surface area contributed by atoms with Gasteiger partial charge in [-0.2, -0.15) is 0 Å². The van der Waals surface area contributed by atoms with E-state index in [0.717, 1.165) is 0 Å². The van der Waals surface area contributed by atoms with E-state index in [1.54, 1.807) is 6.07 Å². The lowest BCUT2D eigenvalue weighted by molar-refractivity contribution is 0.101. The summed E-state index contributed by atoms with van der Waals surface area (Å²) in [4.78, 5) is 19.9. The third-order valence-electron chi connectivity index (χ3n) is 4.02. The molecule has 2 heterocycles. The molecule has 3 rings (SSSR count). The zero-order valence-corrected chi connectivity index (χ0v) is 14.2. The molecule has 6 nitrogen and oxygen atoms in total. The summed E-state index contributed by atoms with van der Waals surface area (Å²) in [6.07, 6.45) is 4.87. The second-order valence-corrected chi connectivity index (χ2v) is 8.46. The fourth-order valence-electron chi connectivity index (χ4n) is 2.58. The molecule has 23 heavy (non-hydrogen) atoms. The van der Waals surface area contributed by atoms with E-state index in [4.69, 9.17) is 16.3 Å². The molecule has 0 N–H and O–H groups in total. The van der Waals surface area contributed by atoms with Gasteiger partial charge in [-0.25, -0.2) is 18.4 Å². The van der Waals surface area contributed by atoms with Crippen molar-refractivity contribution in [2.24, 2.45) is 0 Å². The van der Waals surface area contributed by atoms with Gasteiger partial charge in [0, 0.05) is 42.4 Å². The zero-order valence-electron chi connectivity index (χ0n) is 12.6. The molecule has 2 aromatic rings. The number of carbonyl (C=O) groups is 1. The normalized spacial score (nSPS) is 21.0. The molecular weight excluding hydrogens is 340 g/mol. The molecule has 0 atom stereocenters. The molecule has 0 aromatic carbocycles. The van der Waals surface area contributed by atoms with E-state index in [0.29, 0.717) is 35.1 Å². The molecule has 0 spiro atoms. The maximum absolute atomic E-state index is 11.7. The van der Waals surface area contributed by atoms with Crippen molar-refractivity contribution in [3.63, 3.8) is 0 Å². The molecule has 2 aromatic heterocycles. The average molecular weight is 355 g/mol. The molecular formula is C15H15ClN2O4S. The molecule has 1 aliphatic carbocycles. The van der Waals surface area contributed by atoms with Gasteiger partial charge in [0.05, 0.1) is 10.6 Å². The van der Waals surface area contributed by atoms with Crippen LogP contribution in [0.5, 0.6) is 5.88 Å². The Hall–Kier alpha value is -1.73. The number of ketones is 1. The topological polar surface area (TPSA) is 86.2 Å². The van der Waals surface area contributed by atoms with Gasteiger partial charge in [-0.05, 0) is 13.0 Å². The lowest BCUT2D eigenvalue weighted by atomic mass is 9.95. The van der Waals surface area contributed by atoms with E-state index in [-0.39, 0.29) is 22.3 Å². The van der Waals surface area contributed by atoms with E-state index in [1.165, 1.54) is 25.6 Å². The predicted molar refractivity (Wildman–Crippen MR) is 86.8 cm³/mol. The van der Waals surface area contributed by atoms with Gasteiger partial charge >= 0.3 is 0 Å². The zero-order chi connectivity index (χ0) is 16.8. The van der Waals surface area contributed by atoms with Crippen LogP contribution >= 0.6 is 11.6 Å². The Morgan fingerprint density at radius 3 is 2.57 bits per heavy atom. The molecule has 0 saturated heterocycles. The maximum Gasteiger partial charge on any atom is 0.223 e. The van der Waals surface area contributed by atoms with Crippen LogP contribution in [0.4, 0.5) is 0 Å². The summed E-state index contributed by atoms with van der Waals surface area (Å²) >= 11 is 5.91. The van der Waals surface area contributed by atoms with Crippen LogP contribution in [-0.4, -0.2) is 41.8 Å². The van der Waals surface area contributed by atoms with Gasteiger partial charge in [0.1, 0.15) is 11.3 Å². The number of ether oxygens (including phenoxy) is 1. The van der Waals surface area contributed by atoms with Crippen molar-refractivity contribution < 1.29 is 17.9 Å². The highest BCUT2D eigenvalue weighted by molar-refractivity contribution is 7.91. The Morgan fingerprint density at radius 2 is 1.96 bits per heavy atom. The highest BCUT2D eigenvalue weighted by atomic mass is 35.5. The number of hydrogen-bond donors (Lipinski definition) is 0. The number of pyridine rings is 2. The van der Waals surface area contributed by atoms with Gasteiger partial charge in [0.25, 0.3) is 0 Å². The van der Waals surface area contributed by atoms with Gasteiger partial charge in [-0.15, -0.1) is 0 Å². The quantitative estimate of drug-likeness (QED) is 0.619. The van der Waals surface area contributed by atoms with E-state index in [1.807, 2.05) is 0 Å². The fourth-order valence-corrected chi connectivity index (χ4v) is 3.87. The van der Waals surface area contributed by atoms with Gasteiger partial charge in [0.15, 0.2) is 15.6 Å². The minimum atomic E-state index is -3.03. The molecule has 1 fully saturated rings. The fraction of sp³-hybridized carbons (Fsp3) is 0.400. The summed E-state index contributed by atoms with van der Waals surface area (Å²) in [5.74, 6) is 0.211. The number of sulfone groups is 1. The summed E-state index contributed by atoms with van der Waals surface area (Å²) in [5, 5.41) is 1.13. The SMILES string of the molecule is CC(=O)c1cnc(O[C@H]2C[C@@H](S(C)(=O)=O)C2)c2cnc(Cl)cc12. The van der Waals surface area contributed by atoms with Crippen LogP contribution in [0.3, 0.4) is 0 Å². The van der Waals surface area contributed by atoms with Gasteiger partial charge < -0.3 is 4.74 Å². The first-order valence-electron chi connectivity index (χ1n) is 7.06. The Kier molecular flexibility index (Phi) is 4.01. The first kappa shape index (κ1) is 16.1. The third kappa shape index (κ3) is 3.16. The average Bonchev–Trinajstić information content (AvgIpc) is 2.39. The molecule has 0 amide bonds. The number of halogens is 1. The minimum absolute atomic E-state index is 0.128. The van der Waals surface area contributed by atoms with Crippen molar-refractivity contribution in [2.75, 3.05) is 6.26 Å². The first-order chi connectivity index (χ1) is 10.8. The highest BCUT2D eigenvalue weighted by Gasteiger charge is 2.38. The predicted octanol–water partition coefficient (Wildman–Crippen LogP) is 2.44. The van der Waals surface area contributed by atoms with Crippen LogP contribution < -0.4 is 4.74 Å². The van der Waals surface area contributed by atoms with Crippen LogP contribution in [0, 0.1) is 0 Å². The van der Waals surface area contributed by atoms with E-state index in [9.17, 15) is 13.2 Å². The molecule has 1 aliphatic rings. The monoisotopic (exact) mass is 354 g/mol. The second-order valence-electron chi connectivity index (χ2n) is 5.75. The lowest BCUT2D eigenvalue weighted by Crippen LogP contribution is -2.42. The number of aromatic nitrogens is 2. The largest absolute Gasteiger partial charge is 0.474 e. The van der Waals surface area contributed by atoms with Crippen LogP contribution in [0.15, 0.2) is 18.5 Å². The number of carbonyl (C=O) groups excluding carboxylic acids is 1. The van der Waals surface area contributed by atoms with E-state index >= 15 is 0 Å². The standard InChI is InChI=1S/C15H15ClN2O4S/c1-8(19)12-6-18-15(13-7-17-14(16)5-11(12)13)22-9-3-10(4-9)23(2,20)21/h5-7,9-10H,3-4H2,1-2H3/t9-,10+. The number of nitrogens with zero attached hydrogens (tertiary/aromatic N) is 2. The second kappa shape index (κ2) is 5.72. The smallest absolute Gasteiger partial charge is 0.223 e. The summed E-state index contributed by atoms with van der Waals surface area (Å²) in [6.45, 7) is 1.45. The highest BCUT2D eigenvalue weighted by Crippen LogP contribution is 2.34. The number of Topliss-reactive ketones (excluding diaryl/α,β-unsaturated/α-hetero) is 1. The molecule has 8 heteroatoms. The molecule has 122 valence electrons. The van der Waals surface area contributed by atoms with Crippen molar-refractivity contribution in [1.82, 2.24) is 9.97 Å². The summed E-state index contributed by atoms with van der Waals surface area (Å²) < 4.78 is 28.7. The molecule has 0 radical (unpaired) electrons. The van der Waals surface area contributed by atoms with Gasteiger partial charge in [-0.3, -0.25) is 4.79 Å². The van der Waals surface area contributed by atoms with Crippen LogP contribution in [0.2, 0.25) is 5.15 Å². The van der Waals surface area contributed by atoms with Crippen LogP contribution in [-0.2, 0) is 9.84 Å². The Bertz CT molecular complexity index is 892. The lowest BCUT2D eigenvalue weighted by Gasteiger charge is -2.33. The van der Waals surface area contributed by atoms with Crippen molar-refractivity contribution in [2.45, 2.75) is 31.1 Å². The van der Waals surface area contributed by atoms with Gasteiger partial charge in [0.2, 0.25) is 5.88 Å². The summed E-state index contributed by atoms with van der Waals surface area (Å²) in [5.41, 5.74) is 0.444. The number of rotatable bonds is 4. The van der Waals surface area contributed by atoms with Crippen molar-refractivity contribution >= 4 is 38.0 Å².